The van der Waals surface area contributed by atoms with Crippen LogP contribution < -0.4 is 5.32 Å². The van der Waals surface area contributed by atoms with Crippen LogP contribution >= 0.6 is 27.5 Å². The Balaban J connectivity index is 1.76. The SMILES string of the molecule is O=C(Nc1nn(Cc2cccc(F)c2)cc1Cl)c1[nH]ncc1Br. The summed E-state index contributed by atoms with van der Waals surface area (Å²) in [7, 11) is 0. The van der Waals surface area contributed by atoms with Crippen molar-refractivity contribution in [3.05, 3.63) is 63.2 Å². The molecule has 9 heteroatoms. The van der Waals surface area contributed by atoms with E-state index in [4.69, 9.17) is 11.6 Å². The molecule has 2 aromatic heterocycles. The topological polar surface area (TPSA) is 75.6 Å². The Labute approximate surface area is 143 Å². The van der Waals surface area contributed by atoms with Gasteiger partial charge in [0.25, 0.3) is 5.91 Å². The maximum absolute atomic E-state index is 13.2. The quantitative estimate of drug-likeness (QED) is 0.707. The average Bonchev–Trinajstić information content (AvgIpc) is 3.05. The number of nitrogens with zero attached hydrogens (tertiary/aromatic N) is 3. The number of anilines is 1. The van der Waals surface area contributed by atoms with E-state index in [9.17, 15) is 9.18 Å². The van der Waals surface area contributed by atoms with Gasteiger partial charge in [-0.2, -0.15) is 10.2 Å². The lowest BCUT2D eigenvalue weighted by atomic mass is 10.2. The van der Waals surface area contributed by atoms with Crippen molar-refractivity contribution in [2.75, 3.05) is 5.32 Å². The van der Waals surface area contributed by atoms with Crippen LogP contribution in [0.1, 0.15) is 16.1 Å². The Hall–Kier alpha value is -2.19. The zero-order valence-electron chi connectivity index (χ0n) is 11.6. The van der Waals surface area contributed by atoms with E-state index < -0.39 is 5.91 Å². The van der Waals surface area contributed by atoms with Crippen LogP contribution in [0.5, 0.6) is 0 Å². The summed E-state index contributed by atoms with van der Waals surface area (Å²) in [6.45, 7) is 0.334. The smallest absolute Gasteiger partial charge is 0.276 e. The minimum atomic E-state index is -0.424. The number of aromatic amines is 1. The molecular weight excluding hydrogens is 389 g/mol. The first-order valence-corrected chi connectivity index (χ1v) is 7.67. The third kappa shape index (κ3) is 3.59. The van der Waals surface area contributed by atoms with Crippen molar-refractivity contribution in [3.63, 3.8) is 0 Å². The van der Waals surface area contributed by atoms with Crippen LogP contribution in [-0.2, 0) is 6.54 Å². The molecule has 0 aliphatic heterocycles. The number of nitrogens with one attached hydrogen (secondary N) is 2. The molecule has 118 valence electrons. The Kier molecular flexibility index (Phi) is 4.44. The molecule has 0 atom stereocenters. The van der Waals surface area contributed by atoms with Gasteiger partial charge in [-0.15, -0.1) is 0 Å². The summed E-state index contributed by atoms with van der Waals surface area (Å²) in [5, 5.41) is 13.4. The number of benzene rings is 1. The number of rotatable bonds is 4. The fraction of sp³-hybridized carbons (Fsp3) is 0.0714. The van der Waals surface area contributed by atoms with Crippen molar-refractivity contribution in [3.8, 4) is 0 Å². The molecule has 0 spiro atoms. The summed E-state index contributed by atoms with van der Waals surface area (Å²) in [6.07, 6.45) is 3.03. The van der Waals surface area contributed by atoms with Crippen molar-refractivity contribution in [1.82, 2.24) is 20.0 Å². The maximum atomic E-state index is 13.2. The van der Waals surface area contributed by atoms with Crippen molar-refractivity contribution >= 4 is 39.3 Å². The summed E-state index contributed by atoms with van der Waals surface area (Å²) in [4.78, 5) is 12.1. The molecule has 2 N–H and O–H groups in total. The molecule has 2 heterocycles. The summed E-state index contributed by atoms with van der Waals surface area (Å²) in [5.41, 5.74) is 0.999. The highest BCUT2D eigenvalue weighted by atomic mass is 79.9. The number of carbonyl (C=O) groups is 1. The minimum absolute atomic E-state index is 0.217. The molecule has 0 radical (unpaired) electrons. The molecule has 0 fully saturated rings. The van der Waals surface area contributed by atoms with E-state index in [0.29, 0.717) is 11.0 Å². The van der Waals surface area contributed by atoms with E-state index in [0.717, 1.165) is 5.56 Å². The van der Waals surface area contributed by atoms with Gasteiger partial charge in [0, 0.05) is 6.20 Å². The number of H-pyrrole nitrogens is 1. The molecule has 3 aromatic rings. The Morgan fingerprint density at radius 3 is 3.00 bits per heavy atom. The summed E-state index contributed by atoms with van der Waals surface area (Å²) >= 11 is 9.28. The third-order valence-corrected chi connectivity index (χ3v) is 3.88. The first-order chi connectivity index (χ1) is 11.0. The van der Waals surface area contributed by atoms with Gasteiger partial charge >= 0.3 is 0 Å². The largest absolute Gasteiger partial charge is 0.302 e. The van der Waals surface area contributed by atoms with Gasteiger partial charge in [-0.25, -0.2) is 4.39 Å². The predicted octanol–water partition coefficient (Wildman–Crippen LogP) is 3.46. The Morgan fingerprint density at radius 1 is 1.48 bits per heavy atom. The first kappa shape index (κ1) is 15.7. The summed E-state index contributed by atoms with van der Waals surface area (Å²) < 4.78 is 15.2. The molecule has 0 unspecified atom stereocenters. The second-order valence-corrected chi connectivity index (χ2v) is 5.96. The van der Waals surface area contributed by atoms with Crippen LogP contribution in [0.2, 0.25) is 5.02 Å². The number of carbonyl (C=O) groups excluding carboxylic acids is 1. The van der Waals surface area contributed by atoms with Gasteiger partial charge in [0.1, 0.15) is 16.5 Å². The van der Waals surface area contributed by atoms with Gasteiger partial charge in [-0.3, -0.25) is 14.6 Å². The van der Waals surface area contributed by atoms with Crippen LogP contribution in [0.3, 0.4) is 0 Å². The van der Waals surface area contributed by atoms with Crippen LogP contribution in [0.25, 0.3) is 0 Å². The van der Waals surface area contributed by atoms with Crippen LogP contribution in [0.15, 0.2) is 41.1 Å². The van der Waals surface area contributed by atoms with Crippen molar-refractivity contribution < 1.29 is 9.18 Å². The molecule has 3 rings (SSSR count). The molecule has 6 nitrogen and oxygen atoms in total. The van der Waals surface area contributed by atoms with Gasteiger partial charge in [0.15, 0.2) is 5.82 Å². The lowest BCUT2D eigenvalue weighted by Crippen LogP contribution is -2.14. The third-order valence-electron chi connectivity index (χ3n) is 3.00. The standard InChI is InChI=1S/C14H10BrClFN5O/c15-10-5-18-20-12(10)14(23)19-13-11(16)7-22(21-13)6-8-2-1-3-9(17)4-8/h1-5,7H,6H2,(H,18,20)(H,19,21,23). The molecule has 0 bridgehead atoms. The van der Waals surface area contributed by atoms with Crippen LogP contribution in [0, 0.1) is 5.82 Å². The summed E-state index contributed by atoms with van der Waals surface area (Å²) in [6, 6.07) is 6.18. The maximum Gasteiger partial charge on any atom is 0.276 e. The monoisotopic (exact) mass is 397 g/mol. The van der Waals surface area contributed by atoms with Crippen LogP contribution in [0.4, 0.5) is 10.2 Å². The van der Waals surface area contributed by atoms with E-state index in [1.54, 1.807) is 18.3 Å². The lowest BCUT2D eigenvalue weighted by molar-refractivity contribution is 0.102. The molecular formula is C14H10BrClFN5O. The number of amides is 1. The van der Waals surface area contributed by atoms with Gasteiger partial charge in [0.05, 0.1) is 17.2 Å². The fourth-order valence-corrected chi connectivity index (χ4v) is 2.55. The highest BCUT2D eigenvalue weighted by Gasteiger charge is 2.16. The molecule has 0 saturated carbocycles. The van der Waals surface area contributed by atoms with Gasteiger partial charge in [0.2, 0.25) is 0 Å². The van der Waals surface area contributed by atoms with Gasteiger partial charge in [-0.05, 0) is 33.6 Å². The van der Waals surface area contributed by atoms with E-state index in [2.05, 4.69) is 36.5 Å². The molecule has 23 heavy (non-hydrogen) atoms. The first-order valence-electron chi connectivity index (χ1n) is 6.50. The lowest BCUT2D eigenvalue weighted by Gasteiger charge is -2.02. The number of aromatic nitrogens is 4. The van der Waals surface area contributed by atoms with Crippen LogP contribution in [-0.4, -0.2) is 25.9 Å². The van der Waals surface area contributed by atoms with E-state index in [-0.39, 0.29) is 22.4 Å². The van der Waals surface area contributed by atoms with E-state index in [1.165, 1.54) is 23.0 Å². The number of halogens is 3. The zero-order valence-corrected chi connectivity index (χ0v) is 13.9. The van der Waals surface area contributed by atoms with Crippen molar-refractivity contribution in [1.29, 1.82) is 0 Å². The second kappa shape index (κ2) is 6.51. The van der Waals surface area contributed by atoms with Gasteiger partial charge in [-0.1, -0.05) is 23.7 Å². The molecule has 1 aromatic carbocycles. The average molecular weight is 399 g/mol. The molecule has 1 amide bonds. The van der Waals surface area contributed by atoms with E-state index >= 15 is 0 Å². The highest BCUT2D eigenvalue weighted by molar-refractivity contribution is 9.10. The number of hydrogen-bond donors (Lipinski definition) is 2. The second-order valence-electron chi connectivity index (χ2n) is 4.70. The zero-order chi connectivity index (χ0) is 16.4. The Morgan fingerprint density at radius 2 is 2.30 bits per heavy atom. The fourth-order valence-electron chi connectivity index (χ4n) is 1.99. The molecule has 0 aliphatic carbocycles. The molecule has 0 saturated heterocycles. The predicted molar refractivity (Wildman–Crippen MR) is 87.0 cm³/mol. The van der Waals surface area contributed by atoms with Gasteiger partial charge < -0.3 is 5.32 Å². The summed E-state index contributed by atoms with van der Waals surface area (Å²) in [5.74, 6) is -0.528. The molecule has 0 aliphatic rings. The normalized spacial score (nSPS) is 10.7. The van der Waals surface area contributed by atoms with E-state index in [1.807, 2.05) is 0 Å². The highest BCUT2D eigenvalue weighted by Crippen LogP contribution is 2.22. The minimum Gasteiger partial charge on any atom is -0.302 e. The van der Waals surface area contributed by atoms with Crippen molar-refractivity contribution in [2.45, 2.75) is 6.54 Å². The number of hydrogen-bond acceptors (Lipinski definition) is 3. The Bertz CT molecular complexity index is 862. The van der Waals surface area contributed by atoms with Crippen molar-refractivity contribution in [2.24, 2.45) is 0 Å².